The van der Waals surface area contributed by atoms with Crippen molar-refractivity contribution in [1.29, 1.82) is 0 Å². The van der Waals surface area contributed by atoms with Crippen LogP contribution in [0.2, 0.25) is 0 Å². The first-order valence-corrected chi connectivity index (χ1v) is 13.1. The Balaban J connectivity index is 2.84. The van der Waals surface area contributed by atoms with E-state index in [9.17, 15) is 0 Å². The second-order valence-electron chi connectivity index (χ2n) is 12.4. The summed E-state index contributed by atoms with van der Waals surface area (Å²) in [5.74, 6) is 2.03. The van der Waals surface area contributed by atoms with Crippen molar-refractivity contribution in [1.82, 2.24) is 0 Å². The summed E-state index contributed by atoms with van der Waals surface area (Å²) in [6, 6.07) is 13.4. The lowest BCUT2D eigenvalue weighted by atomic mass is 9.70. The predicted molar refractivity (Wildman–Crippen MR) is 146 cm³/mol. The zero-order valence-electron chi connectivity index (χ0n) is 23.7. The lowest BCUT2D eigenvalue weighted by molar-refractivity contribution is 0.392. The van der Waals surface area contributed by atoms with Crippen molar-refractivity contribution >= 4 is 0 Å². The van der Waals surface area contributed by atoms with Gasteiger partial charge in [-0.3, -0.25) is 0 Å². The van der Waals surface area contributed by atoms with Gasteiger partial charge in [-0.05, 0) is 70.6 Å². The monoisotopic (exact) mass is 450 g/mol. The number of ether oxygens (including phenoxy) is 1. The van der Waals surface area contributed by atoms with Gasteiger partial charge in [0.2, 0.25) is 0 Å². The van der Waals surface area contributed by atoms with Crippen LogP contribution in [-0.4, -0.2) is 0 Å². The first-order chi connectivity index (χ1) is 15.2. The van der Waals surface area contributed by atoms with E-state index < -0.39 is 0 Å². The molecule has 0 aromatic heterocycles. The predicted octanol–water partition coefficient (Wildman–Crippen LogP) is 10.2. The molecule has 0 saturated heterocycles. The van der Waals surface area contributed by atoms with Crippen LogP contribution in [0.25, 0.3) is 0 Å². The van der Waals surface area contributed by atoms with Crippen molar-refractivity contribution in [3.8, 4) is 11.5 Å². The Hall–Kier alpha value is -1.76. The van der Waals surface area contributed by atoms with Crippen LogP contribution in [0.3, 0.4) is 0 Å². The molecule has 0 fully saturated rings. The molecule has 2 rings (SSSR count). The summed E-state index contributed by atoms with van der Waals surface area (Å²) in [6.45, 7) is 28.0. The van der Waals surface area contributed by atoms with Crippen LogP contribution in [0.1, 0.15) is 131 Å². The third kappa shape index (κ3) is 5.50. The summed E-state index contributed by atoms with van der Waals surface area (Å²) in [6.07, 6.45) is 4.32. The minimum atomic E-state index is 0.0269. The summed E-state index contributed by atoms with van der Waals surface area (Å²) in [4.78, 5) is 0. The Bertz CT molecular complexity index is 865. The van der Waals surface area contributed by atoms with Gasteiger partial charge in [-0.15, -0.1) is 0 Å². The third-order valence-corrected chi connectivity index (χ3v) is 8.62. The topological polar surface area (TPSA) is 9.23 Å². The lowest BCUT2D eigenvalue weighted by Gasteiger charge is -2.37. The molecule has 2 aromatic carbocycles. The van der Waals surface area contributed by atoms with Crippen LogP contribution in [0.15, 0.2) is 36.4 Å². The van der Waals surface area contributed by atoms with Crippen LogP contribution < -0.4 is 4.74 Å². The smallest absolute Gasteiger partial charge is 0.131 e. The van der Waals surface area contributed by atoms with Gasteiger partial charge >= 0.3 is 0 Å². The average molecular weight is 451 g/mol. The van der Waals surface area contributed by atoms with Crippen molar-refractivity contribution in [2.45, 2.75) is 130 Å². The minimum Gasteiger partial charge on any atom is -0.457 e. The fraction of sp³-hybridized carbons (Fsp3) is 0.625. The third-order valence-electron chi connectivity index (χ3n) is 8.62. The molecule has 2 aromatic rings. The summed E-state index contributed by atoms with van der Waals surface area (Å²) >= 11 is 0. The molecule has 184 valence electrons. The molecule has 0 spiro atoms. The van der Waals surface area contributed by atoms with E-state index in [-0.39, 0.29) is 21.7 Å². The number of hydrogen-bond donors (Lipinski definition) is 0. The van der Waals surface area contributed by atoms with Crippen molar-refractivity contribution in [2.24, 2.45) is 0 Å². The highest BCUT2D eigenvalue weighted by Gasteiger charge is 2.35. The summed E-state index contributed by atoms with van der Waals surface area (Å²) in [5, 5.41) is 0. The van der Waals surface area contributed by atoms with Gasteiger partial charge in [0.15, 0.2) is 0 Å². The van der Waals surface area contributed by atoms with E-state index in [4.69, 9.17) is 4.74 Å². The highest BCUT2D eigenvalue weighted by Crippen LogP contribution is 2.47. The van der Waals surface area contributed by atoms with E-state index in [1.807, 2.05) is 0 Å². The molecule has 1 heteroatoms. The van der Waals surface area contributed by atoms with Crippen LogP contribution in [0, 0.1) is 0 Å². The van der Waals surface area contributed by atoms with Gasteiger partial charge in [-0.2, -0.15) is 0 Å². The first-order valence-electron chi connectivity index (χ1n) is 13.1. The zero-order chi connectivity index (χ0) is 25.2. The van der Waals surface area contributed by atoms with Crippen LogP contribution in [0.5, 0.6) is 11.5 Å². The molecule has 0 heterocycles. The molecule has 0 bridgehead atoms. The van der Waals surface area contributed by atoms with E-state index in [0.717, 1.165) is 37.2 Å². The molecule has 0 amide bonds. The van der Waals surface area contributed by atoms with Crippen LogP contribution in [0.4, 0.5) is 0 Å². The first kappa shape index (κ1) is 27.5. The van der Waals surface area contributed by atoms with Crippen molar-refractivity contribution in [3.63, 3.8) is 0 Å². The van der Waals surface area contributed by atoms with Crippen molar-refractivity contribution < 1.29 is 4.74 Å². The van der Waals surface area contributed by atoms with Gasteiger partial charge in [-0.25, -0.2) is 0 Å². The molecular weight excluding hydrogens is 400 g/mol. The maximum absolute atomic E-state index is 6.98. The van der Waals surface area contributed by atoms with E-state index in [1.165, 1.54) is 22.3 Å². The van der Waals surface area contributed by atoms with E-state index in [2.05, 4.69) is 119 Å². The lowest BCUT2D eigenvalue weighted by Crippen LogP contribution is -2.27. The second kappa shape index (κ2) is 9.85. The number of benzene rings is 2. The quantitative estimate of drug-likeness (QED) is 0.350. The van der Waals surface area contributed by atoms with Gasteiger partial charge in [0.25, 0.3) is 0 Å². The summed E-state index contributed by atoms with van der Waals surface area (Å²) < 4.78 is 6.98. The Morgan fingerprint density at radius 2 is 0.788 bits per heavy atom. The van der Waals surface area contributed by atoms with Crippen LogP contribution in [-0.2, 0) is 21.7 Å². The molecule has 0 aliphatic carbocycles. The molecule has 0 N–H and O–H groups in total. The van der Waals surface area contributed by atoms with E-state index in [1.54, 1.807) is 0 Å². The number of rotatable bonds is 10. The van der Waals surface area contributed by atoms with Gasteiger partial charge in [-0.1, -0.05) is 107 Å². The highest BCUT2D eigenvalue weighted by atomic mass is 16.5. The minimum absolute atomic E-state index is 0.0269. The van der Waals surface area contributed by atoms with Crippen molar-refractivity contribution in [3.05, 3.63) is 58.7 Å². The molecular formula is C32H50O. The molecule has 0 aliphatic heterocycles. The maximum atomic E-state index is 6.98. The van der Waals surface area contributed by atoms with Gasteiger partial charge < -0.3 is 4.74 Å². The van der Waals surface area contributed by atoms with Gasteiger partial charge in [0, 0.05) is 11.1 Å². The summed E-state index contributed by atoms with van der Waals surface area (Å²) in [5.41, 5.74) is 5.79. The Morgan fingerprint density at radius 3 is 1.06 bits per heavy atom. The molecule has 33 heavy (non-hydrogen) atoms. The maximum Gasteiger partial charge on any atom is 0.131 e. The molecule has 0 radical (unpaired) electrons. The SMILES string of the molecule is CCC(C)(C)c1cccc(Oc2cccc(C(C)(C)CC)c2C(C)(C)CC)c1C(C)(C)CC. The second-order valence-corrected chi connectivity index (χ2v) is 12.4. The Kier molecular flexibility index (Phi) is 8.20. The largest absolute Gasteiger partial charge is 0.457 e. The van der Waals surface area contributed by atoms with Crippen LogP contribution >= 0.6 is 0 Å². The number of hydrogen-bond acceptors (Lipinski definition) is 1. The normalized spacial score (nSPS) is 13.3. The molecule has 0 saturated carbocycles. The molecule has 0 unspecified atom stereocenters. The highest BCUT2D eigenvalue weighted by molar-refractivity contribution is 5.54. The van der Waals surface area contributed by atoms with E-state index in [0.29, 0.717) is 0 Å². The zero-order valence-corrected chi connectivity index (χ0v) is 23.7. The average Bonchev–Trinajstić information content (AvgIpc) is 2.78. The summed E-state index contributed by atoms with van der Waals surface area (Å²) in [7, 11) is 0. The molecule has 1 nitrogen and oxygen atoms in total. The standard InChI is InChI=1S/C32H50O/c1-13-29(5,6)23-19-17-21-25(27(23)31(9,10)15-3)33-26-22-18-20-24(30(7,8)14-2)28(26)32(11,12)16-4/h17-22H,13-16H2,1-12H3. The van der Waals surface area contributed by atoms with Crippen molar-refractivity contribution in [2.75, 3.05) is 0 Å². The Morgan fingerprint density at radius 1 is 0.485 bits per heavy atom. The fourth-order valence-electron chi connectivity index (χ4n) is 4.61. The molecule has 0 atom stereocenters. The fourth-order valence-corrected chi connectivity index (χ4v) is 4.61. The van der Waals surface area contributed by atoms with Gasteiger partial charge in [0.1, 0.15) is 11.5 Å². The van der Waals surface area contributed by atoms with E-state index >= 15 is 0 Å². The Labute approximate surface area is 205 Å². The van der Waals surface area contributed by atoms with Gasteiger partial charge in [0.05, 0.1) is 0 Å². The molecule has 0 aliphatic rings.